The van der Waals surface area contributed by atoms with Crippen molar-refractivity contribution < 1.29 is 19.1 Å². The van der Waals surface area contributed by atoms with Crippen LogP contribution in [0.15, 0.2) is 17.2 Å². The number of thioether (sulfide) groups is 1. The van der Waals surface area contributed by atoms with Crippen molar-refractivity contribution in [1.29, 1.82) is 0 Å². The highest BCUT2D eigenvalue weighted by Gasteiger charge is 2.62. The minimum absolute atomic E-state index is 0.244. The normalized spacial score (nSPS) is 29.5. The lowest BCUT2D eigenvalue weighted by Crippen LogP contribution is -2.66. The molecule has 2 bridgehead atoms. The molecule has 0 aromatic carbocycles. The topological polar surface area (TPSA) is 81.6 Å². The van der Waals surface area contributed by atoms with Crippen LogP contribution in [0.5, 0.6) is 0 Å². The fraction of sp³-hybridized carbons (Fsp3) is 0.647. The maximum atomic E-state index is 12.2. The molecule has 3 saturated heterocycles. The Kier molecular flexibility index (Phi) is 5.02. The highest BCUT2D eigenvalue weighted by Crippen LogP contribution is 2.52. The van der Waals surface area contributed by atoms with E-state index in [1.165, 1.54) is 0 Å². The van der Waals surface area contributed by atoms with Gasteiger partial charge in [-0.05, 0) is 30.9 Å². The van der Waals surface area contributed by atoms with Crippen LogP contribution in [0, 0.1) is 5.92 Å². The number of hydrogen-bond donors (Lipinski definition) is 0. The number of piperidine rings is 3. The van der Waals surface area contributed by atoms with Gasteiger partial charge in [0.05, 0.1) is 11.7 Å². The maximum absolute atomic E-state index is 12.2. The zero-order valence-corrected chi connectivity index (χ0v) is 16.2. The van der Waals surface area contributed by atoms with E-state index in [-0.39, 0.29) is 11.8 Å². The number of aromatic nitrogens is 2. The van der Waals surface area contributed by atoms with Crippen molar-refractivity contribution in [1.82, 2.24) is 13.6 Å². The Hall–Kier alpha value is -1.45. The number of nitrogens with zero attached hydrogens (tertiary/aromatic N) is 3. The first-order chi connectivity index (χ1) is 12.6. The van der Waals surface area contributed by atoms with Crippen LogP contribution in [0.25, 0.3) is 0 Å². The molecule has 0 amide bonds. The Balaban J connectivity index is 1.72. The van der Waals surface area contributed by atoms with E-state index in [1.807, 2.05) is 4.90 Å². The number of carbonyl (C=O) groups is 2. The van der Waals surface area contributed by atoms with Gasteiger partial charge in [0.15, 0.2) is 0 Å². The summed E-state index contributed by atoms with van der Waals surface area (Å²) in [4.78, 5) is 26.3. The van der Waals surface area contributed by atoms with Crippen LogP contribution in [0.1, 0.15) is 44.2 Å². The Morgan fingerprint density at radius 1 is 1.23 bits per heavy atom. The van der Waals surface area contributed by atoms with Crippen LogP contribution in [-0.2, 0) is 19.1 Å². The van der Waals surface area contributed by atoms with Gasteiger partial charge in [-0.3, -0.25) is 0 Å². The molecule has 5 heterocycles. The molecule has 1 spiro atoms. The van der Waals surface area contributed by atoms with E-state index in [0.717, 1.165) is 79.1 Å². The molecule has 4 aliphatic rings. The molecule has 4 aliphatic heterocycles. The molecule has 0 saturated carbocycles. The molecule has 1 unspecified atom stereocenters. The summed E-state index contributed by atoms with van der Waals surface area (Å²) in [6, 6.07) is 0. The number of hydrogen-bond acceptors (Lipinski definition) is 9. The number of esters is 2. The van der Waals surface area contributed by atoms with E-state index < -0.39 is 17.8 Å². The third-order valence-electron chi connectivity index (χ3n) is 5.21. The van der Waals surface area contributed by atoms with E-state index in [2.05, 4.69) is 15.7 Å². The molecule has 9 heteroatoms. The predicted octanol–water partition coefficient (Wildman–Crippen LogP) is 2.55. The van der Waals surface area contributed by atoms with E-state index in [9.17, 15) is 9.59 Å². The van der Waals surface area contributed by atoms with Crippen molar-refractivity contribution in [3.05, 3.63) is 17.8 Å². The van der Waals surface area contributed by atoms with Crippen LogP contribution in [0.4, 0.5) is 0 Å². The summed E-state index contributed by atoms with van der Waals surface area (Å²) in [5, 5.41) is 0.867. The molecule has 3 fully saturated rings. The number of ether oxygens (including phenoxy) is 2. The van der Waals surface area contributed by atoms with Gasteiger partial charge in [-0.1, -0.05) is 13.3 Å². The summed E-state index contributed by atoms with van der Waals surface area (Å²) in [7, 11) is 0. The standard InChI is InChI=1S/C17H21N3O4S2/c1-2-3-10-25-16-15(18-26-19-16)14-11-6-8-20(9-7-11)17(14)23-12(21)4-5-13(22)24-17/h4-5,11,14H,2-3,6-10H2,1H3. The number of fused-ring (bicyclic) bond motifs is 2. The number of rotatable bonds is 5. The van der Waals surface area contributed by atoms with Crippen LogP contribution in [-0.4, -0.2) is 50.3 Å². The Bertz CT molecular complexity index is 707. The van der Waals surface area contributed by atoms with Gasteiger partial charge in [-0.2, -0.15) is 8.75 Å². The van der Waals surface area contributed by atoms with Gasteiger partial charge in [-0.15, -0.1) is 11.8 Å². The second-order valence-electron chi connectivity index (χ2n) is 6.77. The molecule has 0 aliphatic carbocycles. The van der Waals surface area contributed by atoms with Gasteiger partial charge in [0.1, 0.15) is 16.6 Å². The van der Waals surface area contributed by atoms with Crippen molar-refractivity contribution in [2.75, 3.05) is 18.8 Å². The minimum atomic E-state index is -1.41. The summed E-state index contributed by atoms with van der Waals surface area (Å²) < 4.78 is 20.5. The molecule has 1 atom stereocenters. The number of unbranched alkanes of at least 4 members (excludes halogenated alkanes) is 1. The minimum Gasteiger partial charge on any atom is -0.404 e. The van der Waals surface area contributed by atoms with Crippen molar-refractivity contribution >= 4 is 35.4 Å². The van der Waals surface area contributed by atoms with Crippen molar-refractivity contribution in [3.63, 3.8) is 0 Å². The first kappa shape index (κ1) is 17.9. The van der Waals surface area contributed by atoms with Gasteiger partial charge in [0, 0.05) is 25.2 Å². The molecular weight excluding hydrogens is 374 g/mol. The molecule has 0 N–H and O–H groups in total. The molecule has 1 aromatic heterocycles. The molecular formula is C17H21N3O4S2. The van der Waals surface area contributed by atoms with Crippen LogP contribution < -0.4 is 0 Å². The van der Waals surface area contributed by atoms with Gasteiger partial charge in [-0.25, -0.2) is 14.5 Å². The van der Waals surface area contributed by atoms with E-state index in [4.69, 9.17) is 9.47 Å². The third-order valence-corrected chi connectivity index (χ3v) is 6.93. The lowest BCUT2D eigenvalue weighted by Gasteiger charge is -2.55. The fourth-order valence-electron chi connectivity index (χ4n) is 3.99. The van der Waals surface area contributed by atoms with Crippen molar-refractivity contribution in [2.45, 2.75) is 49.5 Å². The zero-order chi connectivity index (χ0) is 18.1. The Labute approximate surface area is 160 Å². The molecule has 140 valence electrons. The average Bonchev–Trinajstić information content (AvgIpc) is 3.03. The first-order valence-electron chi connectivity index (χ1n) is 8.98. The summed E-state index contributed by atoms with van der Waals surface area (Å²) in [5.41, 5.74) is 0.799. The summed E-state index contributed by atoms with van der Waals surface area (Å²) in [6.07, 6.45) is 6.41. The van der Waals surface area contributed by atoms with Gasteiger partial charge in [0.2, 0.25) is 0 Å². The highest BCUT2D eigenvalue weighted by molar-refractivity contribution is 7.99. The molecule has 5 rings (SSSR count). The summed E-state index contributed by atoms with van der Waals surface area (Å²) in [5.74, 6) is -1.62. The molecule has 7 nitrogen and oxygen atoms in total. The third kappa shape index (κ3) is 3.05. The average molecular weight is 396 g/mol. The van der Waals surface area contributed by atoms with Crippen LogP contribution in [0.3, 0.4) is 0 Å². The first-order valence-corrected chi connectivity index (χ1v) is 10.7. The monoisotopic (exact) mass is 395 g/mol. The van der Waals surface area contributed by atoms with Crippen LogP contribution in [0.2, 0.25) is 0 Å². The fourth-order valence-corrected chi connectivity index (χ4v) is 5.81. The zero-order valence-electron chi connectivity index (χ0n) is 14.6. The van der Waals surface area contributed by atoms with E-state index >= 15 is 0 Å². The van der Waals surface area contributed by atoms with Gasteiger partial charge < -0.3 is 9.47 Å². The van der Waals surface area contributed by atoms with E-state index in [0.29, 0.717) is 0 Å². The molecule has 1 aromatic rings. The van der Waals surface area contributed by atoms with Gasteiger partial charge in [0.25, 0.3) is 0 Å². The second kappa shape index (κ2) is 7.28. The Morgan fingerprint density at radius 2 is 1.92 bits per heavy atom. The van der Waals surface area contributed by atoms with Crippen LogP contribution >= 0.6 is 23.5 Å². The lowest BCUT2D eigenvalue weighted by molar-refractivity contribution is -0.324. The largest absolute Gasteiger partial charge is 0.404 e. The SMILES string of the molecule is CCCCSc1nsnc1C1C2CCN(CC2)C12OC(=O)C=CC(=O)O2. The smallest absolute Gasteiger partial charge is 0.335 e. The predicted molar refractivity (Wildman–Crippen MR) is 96.6 cm³/mol. The summed E-state index contributed by atoms with van der Waals surface area (Å²) >= 11 is 2.84. The van der Waals surface area contributed by atoms with E-state index in [1.54, 1.807) is 11.8 Å². The van der Waals surface area contributed by atoms with Gasteiger partial charge >= 0.3 is 17.8 Å². The van der Waals surface area contributed by atoms with Crippen molar-refractivity contribution in [2.24, 2.45) is 5.92 Å². The molecule has 0 radical (unpaired) electrons. The quantitative estimate of drug-likeness (QED) is 0.427. The van der Waals surface area contributed by atoms with Crippen molar-refractivity contribution in [3.8, 4) is 0 Å². The summed E-state index contributed by atoms with van der Waals surface area (Å²) in [6.45, 7) is 3.62. The number of carbonyl (C=O) groups excluding carboxylic acids is 2. The Morgan fingerprint density at radius 3 is 2.58 bits per heavy atom. The second-order valence-corrected chi connectivity index (χ2v) is 8.38. The lowest BCUT2D eigenvalue weighted by atomic mass is 9.74. The highest BCUT2D eigenvalue weighted by atomic mass is 32.2. The maximum Gasteiger partial charge on any atom is 0.335 e. The molecule has 26 heavy (non-hydrogen) atoms.